The van der Waals surface area contributed by atoms with E-state index in [-0.39, 0.29) is 11.3 Å². The molecule has 3 heterocycles. The zero-order chi connectivity index (χ0) is 18.9. The average molecular weight is 371 g/mol. The maximum atomic E-state index is 10.1. The normalized spacial score (nSPS) is 29.6. The lowest BCUT2D eigenvalue weighted by Gasteiger charge is -2.48. The highest BCUT2D eigenvalue weighted by Crippen LogP contribution is 2.29. The van der Waals surface area contributed by atoms with E-state index in [0.717, 1.165) is 51.3 Å². The van der Waals surface area contributed by atoms with E-state index < -0.39 is 0 Å². The summed E-state index contributed by atoms with van der Waals surface area (Å²) in [6.45, 7) is 5.14. The number of rotatable bonds is 3. The van der Waals surface area contributed by atoms with Gasteiger partial charge in [0, 0.05) is 36.9 Å². The van der Waals surface area contributed by atoms with Crippen LogP contribution in [-0.4, -0.2) is 54.3 Å². The Labute approximate surface area is 160 Å². The molecule has 0 radical (unpaired) electrons. The van der Waals surface area contributed by atoms with Crippen molar-refractivity contribution in [2.24, 2.45) is 11.5 Å². The summed E-state index contributed by atoms with van der Waals surface area (Å²) in [5.74, 6) is 0.764. The van der Waals surface area contributed by atoms with Gasteiger partial charge in [-0.15, -0.1) is 0 Å². The summed E-state index contributed by atoms with van der Waals surface area (Å²) in [5.41, 5.74) is 14.3. The largest absolute Gasteiger partial charge is 0.507 e. The van der Waals surface area contributed by atoms with Gasteiger partial charge in [0.1, 0.15) is 11.6 Å². The molecule has 8 N–H and O–H groups in total. The summed E-state index contributed by atoms with van der Waals surface area (Å²) in [5, 5.41) is 20.6. The lowest BCUT2D eigenvalue weighted by molar-refractivity contribution is 0.0924. The van der Waals surface area contributed by atoms with Crippen LogP contribution in [0.4, 0.5) is 0 Å². The van der Waals surface area contributed by atoms with Gasteiger partial charge in [-0.25, -0.2) is 0 Å². The number of piperidine rings is 1. The van der Waals surface area contributed by atoms with Crippen LogP contribution in [-0.2, 0) is 0 Å². The number of likely N-dealkylation sites (tertiary alicyclic amines) is 1. The number of para-hydroxylation sites is 1. The summed E-state index contributed by atoms with van der Waals surface area (Å²) >= 11 is 0. The minimum atomic E-state index is -0.0471. The second-order valence-electron chi connectivity index (χ2n) is 7.92. The average Bonchev–Trinajstić information content (AvgIpc) is 3.20. The molecule has 1 aromatic carbocycles. The molecule has 2 unspecified atom stereocenters. The minimum absolute atomic E-state index is 0.0471. The molecule has 0 aromatic heterocycles. The first-order valence-corrected chi connectivity index (χ1v) is 9.78. The van der Waals surface area contributed by atoms with Crippen LogP contribution >= 0.6 is 0 Å². The van der Waals surface area contributed by atoms with Gasteiger partial charge in [0.25, 0.3) is 0 Å². The fraction of sp³-hybridized carbons (Fsp3) is 0.500. The van der Waals surface area contributed by atoms with Crippen LogP contribution < -0.4 is 27.4 Å². The molecule has 0 bridgehead atoms. The number of nitrogens with one attached hydrogen (secondary N) is 3. The van der Waals surface area contributed by atoms with Crippen LogP contribution in [0.1, 0.15) is 24.8 Å². The van der Waals surface area contributed by atoms with E-state index in [1.54, 1.807) is 18.2 Å². The van der Waals surface area contributed by atoms with Crippen molar-refractivity contribution < 1.29 is 5.11 Å². The molecule has 7 nitrogen and oxygen atoms in total. The van der Waals surface area contributed by atoms with Crippen molar-refractivity contribution in [3.63, 3.8) is 0 Å². The minimum Gasteiger partial charge on any atom is -0.507 e. The first-order chi connectivity index (χ1) is 13.1. The highest BCUT2D eigenvalue weighted by atomic mass is 16.3. The van der Waals surface area contributed by atoms with Crippen LogP contribution in [0.15, 0.2) is 41.9 Å². The predicted octanol–water partition coefficient (Wildman–Crippen LogP) is 0.209. The zero-order valence-corrected chi connectivity index (χ0v) is 15.7. The molecule has 2 fully saturated rings. The van der Waals surface area contributed by atoms with Crippen molar-refractivity contribution in [1.29, 1.82) is 0 Å². The summed E-state index contributed by atoms with van der Waals surface area (Å²) in [6.07, 6.45) is 5.30. The van der Waals surface area contributed by atoms with Crippen LogP contribution in [0, 0.1) is 0 Å². The van der Waals surface area contributed by atoms with Crippen LogP contribution in [0.25, 0.3) is 5.70 Å². The van der Waals surface area contributed by atoms with Crippen molar-refractivity contribution in [1.82, 2.24) is 20.9 Å². The van der Waals surface area contributed by atoms with Gasteiger partial charge in [-0.2, -0.15) is 0 Å². The van der Waals surface area contributed by atoms with E-state index in [0.29, 0.717) is 23.1 Å². The predicted molar refractivity (Wildman–Crippen MR) is 107 cm³/mol. The van der Waals surface area contributed by atoms with Gasteiger partial charge in [-0.1, -0.05) is 12.1 Å². The van der Waals surface area contributed by atoms with E-state index in [1.165, 1.54) is 6.42 Å². The number of allylic oxidation sites excluding steroid dienone is 1. The smallest absolute Gasteiger partial charge is 0.124 e. The van der Waals surface area contributed by atoms with Crippen molar-refractivity contribution in [2.75, 3.05) is 32.7 Å². The third kappa shape index (κ3) is 3.70. The molecule has 3 aliphatic rings. The second kappa shape index (κ2) is 7.32. The van der Waals surface area contributed by atoms with Crippen molar-refractivity contribution in [3.05, 3.63) is 47.4 Å². The standard InChI is InChI=1S/C20H30N6O/c21-16(15-4-1-2-5-18(15)27)10-17-19(22)24-12-20(25-17)7-3-9-26(13-20)14-6-8-23-11-14/h1-2,4-5,10,14,23-25,27H,3,6-9,11-13,21-22H2/b16-10-. The second-order valence-corrected chi connectivity index (χ2v) is 7.92. The number of hydrogen-bond acceptors (Lipinski definition) is 7. The number of aromatic hydroxyl groups is 1. The molecule has 1 spiro atoms. The monoisotopic (exact) mass is 370 g/mol. The Morgan fingerprint density at radius 1 is 1.33 bits per heavy atom. The number of nitrogens with two attached hydrogens (primary N) is 2. The molecule has 27 heavy (non-hydrogen) atoms. The van der Waals surface area contributed by atoms with Gasteiger partial charge in [0.05, 0.1) is 11.2 Å². The van der Waals surface area contributed by atoms with Gasteiger partial charge in [0.2, 0.25) is 0 Å². The first kappa shape index (κ1) is 18.0. The molecule has 0 amide bonds. The quantitative estimate of drug-likeness (QED) is 0.451. The van der Waals surface area contributed by atoms with Gasteiger partial charge in [-0.05, 0) is 50.6 Å². The molecular formula is C20H30N6O. The fourth-order valence-electron chi connectivity index (χ4n) is 4.50. The highest BCUT2D eigenvalue weighted by molar-refractivity contribution is 5.70. The third-order valence-electron chi connectivity index (χ3n) is 5.98. The molecule has 2 saturated heterocycles. The Kier molecular flexibility index (Phi) is 4.88. The Bertz CT molecular complexity index is 755. The summed E-state index contributed by atoms with van der Waals surface area (Å²) in [4.78, 5) is 2.60. The molecule has 0 saturated carbocycles. The van der Waals surface area contributed by atoms with Crippen LogP contribution in [0.2, 0.25) is 0 Å². The van der Waals surface area contributed by atoms with E-state index >= 15 is 0 Å². The number of phenols is 1. The van der Waals surface area contributed by atoms with Crippen molar-refractivity contribution in [3.8, 4) is 5.75 Å². The molecule has 146 valence electrons. The Morgan fingerprint density at radius 3 is 2.96 bits per heavy atom. The maximum Gasteiger partial charge on any atom is 0.124 e. The molecule has 2 atom stereocenters. The van der Waals surface area contributed by atoms with Gasteiger partial charge < -0.3 is 32.5 Å². The molecule has 3 aliphatic heterocycles. The van der Waals surface area contributed by atoms with E-state index in [9.17, 15) is 5.11 Å². The fourth-order valence-corrected chi connectivity index (χ4v) is 4.50. The lowest BCUT2D eigenvalue weighted by Crippen LogP contribution is -2.65. The van der Waals surface area contributed by atoms with Gasteiger partial charge in [-0.3, -0.25) is 4.90 Å². The number of nitrogens with zero attached hydrogens (tertiary/aromatic N) is 1. The molecule has 7 heteroatoms. The number of benzene rings is 1. The lowest BCUT2D eigenvalue weighted by atomic mass is 9.86. The molecule has 1 aromatic rings. The van der Waals surface area contributed by atoms with E-state index in [2.05, 4.69) is 20.9 Å². The topological polar surface area (TPSA) is 112 Å². The van der Waals surface area contributed by atoms with E-state index in [1.807, 2.05) is 12.1 Å². The summed E-state index contributed by atoms with van der Waals surface area (Å²) in [7, 11) is 0. The first-order valence-electron chi connectivity index (χ1n) is 9.78. The molecular weight excluding hydrogens is 340 g/mol. The third-order valence-corrected chi connectivity index (χ3v) is 5.98. The molecule has 4 rings (SSSR count). The zero-order valence-electron chi connectivity index (χ0n) is 15.7. The number of hydrogen-bond donors (Lipinski definition) is 6. The van der Waals surface area contributed by atoms with E-state index in [4.69, 9.17) is 11.5 Å². The maximum absolute atomic E-state index is 10.1. The molecule has 0 aliphatic carbocycles. The van der Waals surface area contributed by atoms with Crippen LogP contribution in [0.3, 0.4) is 0 Å². The summed E-state index contributed by atoms with van der Waals surface area (Å²) in [6, 6.07) is 7.70. The van der Waals surface area contributed by atoms with Crippen LogP contribution in [0.5, 0.6) is 5.75 Å². The van der Waals surface area contributed by atoms with Gasteiger partial charge >= 0.3 is 0 Å². The highest BCUT2D eigenvalue weighted by Gasteiger charge is 2.40. The van der Waals surface area contributed by atoms with Crippen molar-refractivity contribution >= 4 is 5.70 Å². The van der Waals surface area contributed by atoms with Crippen molar-refractivity contribution in [2.45, 2.75) is 30.8 Å². The number of phenolic OH excluding ortho intramolecular Hbond substituents is 1. The SMILES string of the molecule is NC1=C(/C=C(\N)c2ccccc2O)NC2(CCCN(C3CCNC3)C2)CN1. The Hall–Kier alpha value is -2.38. The summed E-state index contributed by atoms with van der Waals surface area (Å²) < 4.78 is 0. The van der Waals surface area contributed by atoms with Gasteiger partial charge in [0.15, 0.2) is 0 Å². The Morgan fingerprint density at radius 2 is 2.19 bits per heavy atom. The Balaban J connectivity index is 1.54.